The van der Waals surface area contributed by atoms with Gasteiger partial charge in [-0.25, -0.2) is 4.79 Å². The Morgan fingerprint density at radius 1 is 1.25 bits per heavy atom. The van der Waals surface area contributed by atoms with Crippen molar-refractivity contribution in [3.8, 4) is 5.75 Å². The van der Waals surface area contributed by atoms with Crippen LogP contribution in [0.5, 0.6) is 5.75 Å². The molecular weight excluding hydrogens is 362 g/mol. The van der Waals surface area contributed by atoms with Gasteiger partial charge in [-0.3, -0.25) is 0 Å². The number of nitrogens with zero attached hydrogens (tertiary/aromatic N) is 2. The van der Waals surface area contributed by atoms with Gasteiger partial charge in [0, 0.05) is 12.1 Å². The summed E-state index contributed by atoms with van der Waals surface area (Å²) in [7, 11) is 2.87. The summed E-state index contributed by atoms with van der Waals surface area (Å²) in [6.45, 7) is 5.69. The van der Waals surface area contributed by atoms with Gasteiger partial charge in [0.1, 0.15) is 11.5 Å². The number of aryl methyl sites for hydroxylation is 1. The average Bonchev–Trinajstić information content (AvgIpc) is 3.18. The van der Waals surface area contributed by atoms with Gasteiger partial charge in [-0.15, -0.1) is 0 Å². The van der Waals surface area contributed by atoms with E-state index in [0.717, 1.165) is 16.8 Å². The predicted molar refractivity (Wildman–Crippen MR) is 101 cm³/mol. The minimum absolute atomic E-state index is 0.369. The fourth-order valence-corrected chi connectivity index (χ4v) is 3.17. The van der Waals surface area contributed by atoms with E-state index in [1.165, 1.54) is 7.11 Å². The zero-order valence-corrected chi connectivity index (χ0v) is 16.5. The molecule has 1 aromatic carbocycles. The topological polar surface area (TPSA) is 95.7 Å². The molecule has 1 N–H and O–H groups in total. The minimum Gasteiger partial charge on any atom is -0.497 e. The maximum Gasteiger partial charge on any atom is 0.513 e. The van der Waals surface area contributed by atoms with E-state index in [9.17, 15) is 4.79 Å². The third-order valence-electron chi connectivity index (χ3n) is 4.50. The molecule has 0 fully saturated rings. The van der Waals surface area contributed by atoms with Gasteiger partial charge in [-0.05, 0) is 31.5 Å². The monoisotopic (exact) mass is 385 g/mol. The van der Waals surface area contributed by atoms with E-state index in [1.54, 1.807) is 7.11 Å². The quantitative estimate of drug-likeness (QED) is 0.777. The summed E-state index contributed by atoms with van der Waals surface area (Å²) in [6.07, 6.45) is -0.157. The molecule has 1 atom stereocenters. The van der Waals surface area contributed by atoms with Crippen LogP contribution in [0.15, 0.2) is 45.9 Å². The zero-order chi connectivity index (χ0) is 20.3. The van der Waals surface area contributed by atoms with E-state index < -0.39 is 12.1 Å². The molecule has 0 saturated heterocycles. The lowest BCUT2D eigenvalue weighted by atomic mass is 9.85. The number of carbonyl (C=O) groups is 1. The summed E-state index contributed by atoms with van der Waals surface area (Å²) in [5.41, 5.74) is 3.10. The Bertz CT molecular complexity index is 945. The van der Waals surface area contributed by atoms with Crippen LogP contribution in [0.1, 0.15) is 44.0 Å². The number of rotatable bonds is 5. The molecule has 8 nitrogen and oxygen atoms in total. The summed E-state index contributed by atoms with van der Waals surface area (Å²) >= 11 is 0. The Morgan fingerprint density at radius 2 is 2.04 bits per heavy atom. The summed E-state index contributed by atoms with van der Waals surface area (Å²) in [6, 6.07) is 7.53. The first-order chi connectivity index (χ1) is 13.5. The van der Waals surface area contributed by atoms with Crippen molar-refractivity contribution in [1.29, 1.82) is 0 Å². The number of methoxy groups -OCH3 is 2. The second-order valence-electron chi connectivity index (χ2n) is 6.29. The summed E-state index contributed by atoms with van der Waals surface area (Å²) in [5, 5.41) is 7.24. The standard InChI is InChI=1S/C20H23N3O5/c1-6-15-22-19(28-23-15)16-11(2)21-12(3)18(27-20(24)26-5)17(16)13-8-7-9-14(10-13)25-4/h7-10,17,21H,6H2,1-5H3. The molecule has 3 rings (SSSR count). The van der Waals surface area contributed by atoms with Gasteiger partial charge in [0.15, 0.2) is 5.82 Å². The normalized spacial score (nSPS) is 16.7. The van der Waals surface area contributed by atoms with E-state index in [1.807, 2.05) is 45.0 Å². The van der Waals surface area contributed by atoms with Crippen LogP contribution in [0.2, 0.25) is 0 Å². The van der Waals surface area contributed by atoms with Crippen LogP contribution in [-0.2, 0) is 15.9 Å². The highest BCUT2D eigenvalue weighted by atomic mass is 16.7. The lowest BCUT2D eigenvalue weighted by molar-refractivity contribution is 0.0928. The first-order valence-electron chi connectivity index (χ1n) is 8.89. The molecule has 8 heteroatoms. The van der Waals surface area contributed by atoms with Crippen molar-refractivity contribution in [2.75, 3.05) is 14.2 Å². The molecule has 148 valence electrons. The van der Waals surface area contributed by atoms with Crippen molar-refractivity contribution in [2.45, 2.75) is 33.1 Å². The van der Waals surface area contributed by atoms with Crippen molar-refractivity contribution in [1.82, 2.24) is 15.5 Å². The SMILES string of the molecule is CCc1noc(C2=C(C)NC(C)=C(OC(=O)OC)C2c2cccc(OC)c2)n1. The smallest absolute Gasteiger partial charge is 0.497 e. The second kappa shape index (κ2) is 8.16. The molecule has 2 aromatic rings. The van der Waals surface area contributed by atoms with Crippen molar-refractivity contribution in [3.63, 3.8) is 0 Å². The van der Waals surface area contributed by atoms with Crippen molar-refractivity contribution >= 4 is 11.7 Å². The average molecular weight is 385 g/mol. The Balaban J connectivity index is 2.17. The number of hydrogen-bond donors (Lipinski definition) is 1. The van der Waals surface area contributed by atoms with Crippen LogP contribution in [0, 0.1) is 0 Å². The van der Waals surface area contributed by atoms with Gasteiger partial charge < -0.3 is 24.1 Å². The lowest BCUT2D eigenvalue weighted by Crippen LogP contribution is -2.26. The van der Waals surface area contributed by atoms with Gasteiger partial charge in [-0.1, -0.05) is 24.2 Å². The molecular formula is C20H23N3O5. The van der Waals surface area contributed by atoms with Crippen LogP contribution in [0.25, 0.3) is 5.57 Å². The predicted octanol–water partition coefficient (Wildman–Crippen LogP) is 3.77. The molecule has 1 aliphatic rings. The van der Waals surface area contributed by atoms with Crippen molar-refractivity contribution in [3.05, 3.63) is 58.7 Å². The van der Waals surface area contributed by atoms with Crippen LogP contribution in [-0.4, -0.2) is 30.5 Å². The molecule has 0 aliphatic carbocycles. The minimum atomic E-state index is -0.803. The lowest BCUT2D eigenvalue weighted by Gasteiger charge is -2.29. The number of dihydropyridines is 1. The number of carbonyl (C=O) groups excluding carboxylic acids is 1. The summed E-state index contributed by atoms with van der Waals surface area (Å²) in [4.78, 5) is 16.4. The van der Waals surface area contributed by atoms with E-state index in [2.05, 4.69) is 15.5 Å². The van der Waals surface area contributed by atoms with Crippen molar-refractivity contribution < 1.29 is 23.5 Å². The van der Waals surface area contributed by atoms with Crippen LogP contribution in [0.4, 0.5) is 4.79 Å². The first kappa shape index (κ1) is 19.5. The van der Waals surface area contributed by atoms with Gasteiger partial charge >= 0.3 is 6.16 Å². The van der Waals surface area contributed by atoms with Gasteiger partial charge in [0.05, 0.1) is 31.4 Å². The van der Waals surface area contributed by atoms with Crippen LogP contribution < -0.4 is 10.1 Å². The Morgan fingerprint density at radius 3 is 2.68 bits per heavy atom. The molecule has 1 aromatic heterocycles. The fourth-order valence-electron chi connectivity index (χ4n) is 3.17. The Kier molecular flexibility index (Phi) is 5.67. The molecule has 0 amide bonds. The molecule has 0 saturated carbocycles. The van der Waals surface area contributed by atoms with E-state index in [0.29, 0.717) is 35.3 Å². The van der Waals surface area contributed by atoms with E-state index in [-0.39, 0.29) is 0 Å². The molecule has 0 bridgehead atoms. The molecule has 1 unspecified atom stereocenters. The second-order valence-corrected chi connectivity index (χ2v) is 6.29. The van der Waals surface area contributed by atoms with Gasteiger partial charge in [0.25, 0.3) is 5.89 Å². The highest BCUT2D eigenvalue weighted by Crippen LogP contribution is 2.43. The number of hydrogen-bond acceptors (Lipinski definition) is 8. The highest BCUT2D eigenvalue weighted by molar-refractivity contribution is 5.75. The number of nitrogens with one attached hydrogen (secondary N) is 1. The van der Waals surface area contributed by atoms with E-state index >= 15 is 0 Å². The Hall–Kier alpha value is -3.29. The highest BCUT2D eigenvalue weighted by Gasteiger charge is 2.36. The summed E-state index contributed by atoms with van der Waals surface area (Å²) < 4.78 is 21.1. The number of aromatic nitrogens is 2. The van der Waals surface area contributed by atoms with Gasteiger partial charge in [0.2, 0.25) is 0 Å². The van der Waals surface area contributed by atoms with E-state index in [4.69, 9.17) is 18.7 Å². The van der Waals surface area contributed by atoms with Gasteiger partial charge in [-0.2, -0.15) is 4.98 Å². The molecule has 0 radical (unpaired) electrons. The molecule has 28 heavy (non-hydrogen) atoms. The maximum absolute atomic E-state index is 11.9. The Labute approximate surface area is 163 Å². The zero-order valence-electron chi connectivity index (χ0n) is 16.5. The van der Waals surface area contributed by atoms with Crippen LogP contribution in [0.3, 0.4) is 0 Å². The number of benzene rings is 1. The molecule has 1 aliphatic heterocycles. The third-order valence-corrected chi connectivity index (χ3v) is 4.50. The number of ether oxygens (including phenoxy) is 3. The maximum atomic E-state index is 11.9. The molecule has 0 spiro atoms. The number of allylic oxidation sites excluding steroid dienone is 3. The summed E-state index contributed by atoms with van der Waals surface area (Å²) in [5.74, 6) is 1.59. The molecule has 2 heterocycles. The first-order valence-corrected chi connectivity index (χ1v) is 8.89. The van der Waals surface area contributed by atoms with Crippen LogP contribution >= 0.6 is 0 Å². The largest absolute Gasteiger partial charge is 0.513 e. The third kappa shape index (κ3) is 3.71. The van der Waals surface area contributed by atoms with Crippen molar-refractivity contribution in [2.24, 2.45) is 0 Å². The fraction of sp³-hybridized carbons (Fsp3) is 0.350.